The third-order valence-electron chi connectivity index (χ3n) is 2.33. The summed E-state index contributed by atoms with van der Waals surface area (Å²) in [7, 11) is 0. The number of aliphatic hydroxyl groups excluding tert-OH is 1. The van der Waals surface area contributed by atoms with Crippen molar-refractivity contribution in [2.75, 3.05) is 0 Å². The van der Waals surface area contributed by atoms with Crippen LogP contribution in [0.1, 0.15) is 24.0 Å². The van der Waals surface area contributed by atoms with Crippen LogP contribution < -0.4 is 5.32 Å². The molecule has 0 aliphatic heterocycles. The van der Waals surface area contributed by atoms with Crippen LogP contribution in [0.3, 0.4) is 0 Å². The molecule has 0 unspecified atom stereocenters. The second-order valence-electron chi connectivity index (χ2n) is 3.87. The third kappa shape index (κ3) is 5.67. The summed E-state index contributed by atoms with van der Waals surface area (Å²) in [4.78, 5) is 11.1. The molecule has 100 valence electrons. The minimum Gasteiger partial charge on any atom is -0.392 e. The molecule has 0 radical (unpaired) electrons. The number of carbonyl (C=O) groups excluding carboxylic acids is 1. The van der Waals surface area contributed by atoms with Crippen LogP contribution in [0.15, 0.2) is 24.3 Å². The summed E-state index contributed by atoms with van der Waals surface area (Å²) < 4.78 is 35.6. The maximum absolute atomic E-state index is 11.9. The highest BCUT2D eigenvalue weighted by Gasteiger charge is 2.27. The van der Waals surface area contributed by atoms with E-state index in [0.29, 0.717) is 0 Å². The van der Waals surface area contributed by atoms with E-state index in [-0.39, 0.29) is 13.2 Å². The molecule has 2 N–H and O–H groups in total. The van der Waals surface area contributed by atoms with Crippen molar-refractivity contribution in [1.82, 2.24) is 5.32 Å². The lowest BCUT2D eigenvalue weighted by molar-refractivity contribution is -0.144. The molecular formula is C12H14F3NO2. The molecule has 1 rings (SSSR count). The minimum atomic E-state index is -4.31. The molecule has 0 aliphatic carbocycles. The van der Waals surface area contributed by atoms with Crippen LogP contribution >= 0.6 is 0 Å². The molecule has 0 bridgehead atoms. The zero-order valence-corrected chi connectivity index (χ0v) is 9.63. The fourth-order valence-corrected chi connectivity index (χ4v) is 1.31. The van der Waals surface area contributed by atoms with Gasteiger partial charge in [0.15, 0.2) is 0 Å². The molecule has 1 aromatic carbocycles. The fraction of sp³-hybridized carbons (Fsp3) is 0.417. The van der Waals surface area contributed by atoms with Crippen molar-refractivity contribution in [1.29, 1.82) is 0 Å². The van der Waals surface area contributed by atoms with Crippen LogP contribution in [-0.4, -0.2) is 17.2 Å². The number of carbonyl (C=O) groups is 1. The van der Waals surface area contributed by atoms with Crippen molar-refractivity contribution >= 4 is 5.91 Å². The molecule has 18 heavy (non-hydrogen) atoms. The average molecular weight is 261 g/mol. The Hall–Kier alpha value is -1.56. The largest absolute Gasteiger partial charge is 0.392 e. The number of nitrogens with one attached hydrogen (secondary N) is 1. The first-order valence-corrected chi connectivity index (χ1v) is 5.43. The van der Waals surface area contributed by atoms with E-state index in [0.717, 1.165) is 11.1 Å². The predicted molar refractivity (Wildman–Crippen MR) is 59.5 cm³/mol. The maximum Gasteiger partial charge on any atom is 0.389 e. The second-order valence-corrected chi connectivity index (χ2v) is 3.87. The summed E-state index contributed by atoms with van der Waals surface area (Å²) in [6.45, 7) is 0.112. The molecule has 1 aromatic rings. The lowest BCUT2D eigenvalue weighted by Gasteiger charge is -2.07. The first-order chi connectivity index (χ1) is 8.40. The minimum absolute atomic E-state index is 0.0712. The van der Waals surface area contributed by atoms with E-state index in [1.165, 1.54) is 0 Å². The topological polar surface area (TPSA) is 49.3 Å². The van der Waals surface area contributed by atoms with Gasteiger partial charge >= 0.3 is 6.18 Å². The summed E-state index contributed by atoms with van der Waals surface area (Å²) in [5, 5.41) is 11.2. The van der Waals surface area contributed by atoms with Gasteiger partial charge in [0, 0.05) is 13.0 Å². The highest BCUT2D eigenvalue weighted by molar-refractivity contribution is 5.75. The van der Waals surface area contributed by atoms with Crippen molar-refractivity contribution in [2.24, 2.45) is 0 Å². The quantitative estimate of drug-likeness (QED) is 0.853. The SMILES string of the molecule is O=C(CCC(F)(F)F)NCc1ccc(CO)cc1. The van der Waals surface area contributed by atoms with Crippen LogP contribution in [0, 0.1) is 0 Å². The number of amides is 1. The lowest BCUT2D eigenvalue weighted by Crippen LogP contribution is -2.24. The van der Waals surface area contributed by atoms with Crippen molar-refractivity contribution in [3.8, 4) is 0 Å². The Morgan fingerprint density at radius 1 is 1.17 bits per heavy atom. The molecule has 0 heterocycles. The number of hydrogen-bond donors (Lipinski definition) is 2. The van der Waals surface area contributed by atoms with E-state index in [1.54, 1.807) is 24.3 Å². The molecule has 6 heteroatoms. The fourth-order valence-electron chi connectivity index (χ4n) is 1.31. The number of aliphatic hydroxyl groups is 1. The smallest absolute Gasteiger partial charge is 0.389 e. The molecule has 0 spiro atoms. The molecule has 0 atom stereocenters. The molecule has 0 saturated heterocycles. The Labute approximate surface area is 103 Å². The van der Waals surface area contributed by atoms with E-state index in [4.69, 9.17) is 5.11 Å². The Morgan fingerprint density at radius 3 is 2.22 bits per heavy atom. The summed E-state index contributed by atoms with van der Waals surface area (Å²) in [5.41, 5.74) is 1.51. The van der Waals surface area contributed by atoms with E-state index in [1.807, 2.05) is 0 Å². The number of rotatable bonds is 5. The van der Waals surface area contributed by atoms with E-state index < -0.39 is 24.9 Å². The van der Waals surface area contributed by atoms with Gasteiger partial charge in [0.2, 0.25) is 5.91 Å². The number of hydrogen-bond acceptors (Lipinski definition) is 2. The summed E-state index contributed by atoms with van der Waals surface area (Å²) in [5.74, 6) is -0.626. The van der Waals surface area contributed by atoms with Crippen molar-refractivity contribution in [2.45, 2.75) is 32.2 Å². The van der Waals surface area contributed by atoms with Gasteiger partial charge in [-0.3, -0.25) is 4.79 Å². The number of alkyl halides is 3. The zero-order chi connectivity index (χ0) is 13.6. The van der Waals surface area contributed by atoms with E-state index in [2.05, 4.69) is 5.32 Å². The van der Waals surface area contributed by atoms with Crippen LogP contribution in [0.4, 0.5) is 13.2 Å². The molecule has 3 nitrogen and oxygen atoms in total. The molecule has 0 aliphatic rings. The highest BCUT2D eigenvalue weighted by atomic mass is 19.4. The highest BCUT2D eigenvalue weighted by Crippen LogP contribution is 2.21. The molecular weight excluding hydrogens is 247 g/mol. The Bertz CT molecular complexity index is 387. The molecule has 0 saturated carbocycles. The van der Waals surface area contributed by atoms with Crippen LogP contribution in [-0.2, 0) is 17.9 Å². The van der Waals surface area contributed by atoms with E-state index >= 15 is 0 Å². The predicted octanol–water partition coefficient (Wildman–Crippen LogP) is 2.14. The lowest BCUT2D eigenvalue weighted by atomic mass is 10.1. The van der Waals surface area contributed by atoms with Gasteiger partial charge in [0.05, 0.1) is 13.0 Å². The van der Waals surface area contributed by atoms with Gasteiger partial charge in [0.1, 0.15) is 0 Å². The molecule has 1 amide bonds. The van der Waals surface area contributed by atoms with Crippen molar-refractivity contribution < 1.29 is 23.1 Å². The number of halogens is 3. The van der Waals surface area contributed by atoms with Gasteiger partial charge in [-0.25, -0.2) is 0 Å². The van der Waals surface area contributed by atoms with Gasteiger partial charge in [-0.05, 0) is 11.1 Å². The first kappa shape index (κ1) is 14.5. The Balaban J connectivity index is 2.33. The van der Waals surface area contributed by atoms with Gasteiger partial charge in [0.25, 0.3) is 0 Å². The molecule has 0 fully saturated rings. The monoisotopic (exact) mass is 261 g/mol. The van der Waals surface area contributed by atoms with Gasteiger partial charge in [-0.1, -0.05) is 24.3 Å². The van der Waals surface area contributed by atoms with Crippen molar-refractivity contribution in [3.05, 3.63) is 35.4 Å². The third-order valence-corrected chi connectivity index (χ3v) is 2.33. The average Bonchev–Trinajstić information content (AvgIpc) is 2.33. The summed E-state index contributed by atoms with van der Waals surface area (Å²) in [6, 6.07) is 6.79. The zero-order valence-electron chi connectivity index (χ0n) is 9.63. The number of benzene rings is 1. The Morgan fingerprint density at radius 2 is 1.72 bits per heavy atom. The van der Waals surface area contributed by atoms with Crippen LogP contribution in [0.25, 0.3) is 0 Å². The standard InChI is InChI=1S/C12H14F3NO2/c13-12(14,15)6-5-11(18)16-7-9-1-3-10(8-17)4-2-9/h1-4,17H,5-8H2,(H,16,18). The van der Waals surface area contributed by atoms with E-state index in [9.17, 15) is 18.0 Å². The van der Waals surface area contributed by atoms with Crippen molar-refractivity contribution in [3.63, 3.8) is 0 Å². The molecule has 0 aromatic heterocycles. The summed E-state index contributed by atoms with van der Waals surface area (Å²) in [6.07, 6.45) is -5.97. The van der Waals surface area contributed by atoms with Gasteiger partial charge in [-0.2, -0.15) is 13.2 Å². The summed E-state index contributed by atoms with van der Waals surface area (Å²) >= 11 is 0. The van der Waals surface area contributed by atoms with Crippen LogP contribution in [0.2, 0.25) is 0 Å². The van der Waals surface area contributed by atoms with Gasteiger partial charge < -0.3 is 10.4 Å². The second kappa shape index (κ2) is 6.39. The normalized spacial score (nSPS) is 11.3. The Kier molecular flexibility index (Phi) is 5.15. The van der Waals surface area contributed by atoms with Gasteiger partial charge in [-0.15, -0.1) is 0 Å². The van der Waals surface area contributed by atoms with Crippen LogP contribution in [0.5, 0.6) is 0 Å². The first-order valence-electron chi connectivity index (χ1n) is 5.43. The maximum atomic E-state index is 11.9.